The van der Waals surface area contributed by atoms with E-state index in [0.29, 0.717) is 23.5 Å². The van der Waals surface area contributed by atoms with Gasteiger partial charge in [-0.25, -0.2) is 0 Å². The lowest BCUT2D eigenvalue weighted by atomic mass is 10.1. The van der Waals surface area contributed by atoms with Crippen LogP contribution in [0.15, 0.2) is 67.0 Å². The average Bonchev–Trinajstić information content (AvgIpc) is 3.28. The Morgan fingerprint density at radius 2 is 1.96 bits per heavy atom. The first-order valence-corrected chi connectivity index (χ1v) is 8.61. The molecule has 0 bridgehead atoms. The zero-order chi connectivity index (χ0) is 18.8. The summed E-state index contributed by atoms with van der Waals surface area (Å²) in [5.41, 5.74) is 3.50. The van der Waals surface area contributed by atoms with Crippen molar-refractivity contribution in [2.45, 2.75) is 13.5 Å². The van der Waals surface area contributed by atoms with Crippen molar-refractivity contribution in [3.8, 4) is 0 Å². The molecule has 0 aliphatic carbocycles. The molecule has 1 amide bonds. The van der Waals surface area contributed by atoms with Gasteiger partial charge in [0, 0.05) is 34.7 Å². The minimum Gasteiger partial charge on any atom is -0.358 e. The van der Waals surface area contributed by atoms with Gasteiger partial charge in [0.25, 0.3) is 11.7 Å². The number of nitrogens with one attached hydrogen (secondary N) is 2. The van der Waals surface area contributed by atoms with E-state index in [1.54, 1.807) is 23.9 Å². The van der Waals surface area contributed by atoms with Crippen molar-refractivity contribution in [3.05, 3.63) is 83.8 Å². The number of Topliss-reactive ketones (excluding diaryl/α,β-unsaturated/α-hetero) is 1. The lowest BCUT2D eigenvalue weighted by Crippen LogP contribution is -2.23. The van der Waals surface area contributed by atoms with E-state index in [0.717, 1.165) is 16.5 Å². The number of hydrogen-bond acceptors (Lipinski definition) is 3. The Bertz CT molecular complexity index is 1130. The number of benzene rings is 2. The molecule has 0 saturated heterocycles. The molecule has 0 aliphatic rings. The number of carbonyl (C=O) groups is 2. The van der Waals surface area contributed by atoms with Gasteiger partial charge in [0.1, 0.15) is 0 Å². The first kappa shape index (κ1) is 16.8. The van der Waals surface area contributed by atoms with E-state index in [-0.39, 0.29) is 0 Å². The van der Waals surface area contributed by atoms with Gasteiger partial charge in [-0.3, -0.25) is 14.3 Å². The number of para-hydroxylation sites is 1. The number of rotatable bonds is 5. The highest BCUT2D eigenvalue weighted by Crippen LogP contribution is 2.23. The lowest BCUT2D eigenvalue weighted by Gasteiger charge is -2.08. The van der Waals surface area contributed by atoms with Crippen LogP contribution in [0, 0.1) is 6.92 Å². The van der Waals surface area contributed by atoms with Gasteiger partial charge in [-0.1, -0.05) is 30.3 Å². The van der Waals surface area contributed by atoms with Crippen LogP contribution in [0.5, 0.6) is 0 Å². The number of H-pyrrole nitrogens is 1. The molecule has 2 aromatic heterocycles. The van der Waals surface area contributed by atoms with Gasteiger partial charge in [0.15, 0.2) is 0 Å². The molecule has 4 aromatic rings. The third-order valence-corrected chi connectivity index (χ3v) is 4.42. The maximum atomic E-state index is 12.7. The summed E-state index contributed by atoms with van der Waals surface area (Å²) in [6.45, 7) is 2.39. The molecular weight excluding hydrogens is 340 g/mol. The van der Waals surface area contributed by atoms with Crippen molar-refractivity contribution in [2.24, 2.45) is 0 Å². The number of aromatic nitrogens is 3. The van der Waals surface area contributed by atoms with Crippen molar-refractivity contribution in [3.63, 3.8) is 0 Å². The smallest absolute Gasteiger partial charge is 0.296 e. The summed E-state index contributed by atoms with van der Waals surface area (Å²) in [4.78, 5) is 28.4. The van der Waals surface area contributed by atoms with Crippen LogP contribution in [-0.4, -0.2) is 26.5 Å². The summed E-state index contributed by atoms with van der Waals surface area (Å²) in [5.74, 6) is -1.21. The number of anilines is 1. The third kappa shape index (κ3) is 3.37. The number of aromatic amines is 1. The zero-order valence-electron chi connectivity index (χ0n) is 14.8. The second-order valence-corrected chi connectivity index (χ2v) is 6.36. The van der Waals surface area contributed by atoms with Gasteiger partial charge in [-0.2, -0.15) is 5.10 Å². The molecule has 2 heterocycles. The Morgan fingerprint density at radius 3 is 2.78 bits per heavy atom. The number of amides is 1. The van der Waals surface area contributed by atoms with Crippen molar-refractivity contribution < 1.29 is 9.59 Å². The molecule has 2 aromatic carbocycles. The van der Waals surface area contributed by atoms with Crippen LogP contribution < -0.4 is 5.32 Å². The summed E-state index contributed by atoms with van der Waals surface area (Å²) < 4.78 is 1.79. The van der Waals surface area contributed by atoms with E-state index in [2.05, 4.69) is 15.4 Å². The Morgan fingerprint density at radius 1 is 1.11 bits per heavy atom. The van der Waals surface area contributed by atoms with Gasteiger partial charge in [-0.05, 0) is 36.8 Å². The third-order valence-electron chi connectivity index (χ3n) is 4.42. The Hall–Kier alpha value is -3.67. The maximum Gasteiger partial charge on any atom is 0.296 e. The van der Waals surface area contributed by atoms with Gasteiger partial charge in [-0.15, -0.1) is 0 Å². The van der Waals surface area contributed by atoms with Crippen molar-refractivity contribution in [2.75, 3.05) is 5.32 Å². The van der Waals surface area contributed by atoms with Crippen LogP contribution in [0.1, 0.15) is 21.6 Å². The lowest BCUT2D eigenvalue weighted by molar-refractivity contribution is -0.112. The van der Waals surface area contributed by atoms with E-state index < -0.39 is 11.7 Å². The molecule has 2 N–H and O–H groups in total. The topological polar surface area (TPSA) is 79.8 Å². The number of nitrogens with zero attached hydrogens (tertiary/aromatic N) is 2. The molecule has 0 radical (unpaired) electrons. The SMILES string of the molecule is Cc1[nH]c2ccccc2c1C(=O)C(=O)Nc1cccc(Cn2cccn2)c1. The highest BCUT2D eigenvalue weighted by atomic mass is 16.2. The molecule has 0 unspecified atom stereocenters. The van der Waals surface area contributed by atoms with Crippen LogP contribution >= 0.6 is 0 Å². The van der Waals surface area contributed by atoms with Gasteiger partial charge < -0.3 is 10.3 Å². The minimum absolute atomic E-state index is 0.413. The quantitative estimate of drug-likeness (QED) is 0.423. The molecular formula is C21H18N4O2. The molecule has 0 saturated carbocycles. The summed E-state index contributed by atoms with van der Waals surface area (Å²) in [7, 11) is 0. The van der Waals surface area contributed by atoms with Gasteiger partial charge >= 0.3 is 0 Å². The Labute approximate surface area is 155 Å². The number of fused-ring (bicyclic) bond motifs is 1. The predicted octanol–water partition coefficient (Wildman–Crippen LogP) is 3.54. The summed E-state index contributed by atoms with van der Waals surface area (Å²) in [6.07, 6.45) is 3.59. The van der Waals surface area contributed by atoms with E-state index in [1.807, 2.05) is 54.7 Å². The Balaban J connectivity index is 1.55. The highest BCUT2D eigenvalue weighted by molar-refractivity contribution is 6.48. The monoisotopic (exact) mass is 358 g/mol. The number of aryl methyl sites for hydroxylation is 1. The summed E-state index contributed by atoms with van der Waals surface area (Å²) >= 11 is 0. The predicted molar refractivity (Wildman–Crippen MR) is 104 cm³/mol. The molecule has 0 atom stereocenters. The van der Waals surface area contributed by atoms with Gasteiger partial charge in [0.05, 0.1) is 12.1 Å². The first-order valence-electron chi connectivity index (χ1n) is 8.61. The summed E-state index contributed by atoms with van der Waals surface area (Å²) in [6, 6.07) is 16.7. The maximum absolute atomic E-state index is 12.7. The molecule has 6 nitrogen and oxygen atoms in total. The molecule has 134 valence electrons. The largest absolute Gasteiger partial charge is 0.358 e. The van der Waals surface area contributed by atoms with Crippen LogP contribution in [0.2, 0.25) is 0 Å². The van der Waals surface area contributed by atoms with E-state index in [4.69, 9.17) is 0 Å². The van der Waals surface area contributed by atoms with Crippen LogP contribution in [0.3, 0.4) is 0 Å². The van der Waals surface area contributed by atoms with E-state index >= 15 is 0 Å². The number of ketones is 1. The number of hydrogen-bond donors (Lipinski definition) is 2. The molecule has 6 heteroatoms. The van der Waals surface area contributed by atoms with Crippen molar-refractivity contribution in [1.82, 2.24) is 14.8 Å². The average molecular weight is 358 g/mol. The molecule has 0 fully saturated rings. The second-order valence-electron chi connectivity index (χ2n) is 6.36. The Kier molecular flexibility index (Phi) is 4.30. The van der Waals surface area contributed by atoms with Crippen LogP contribution in [0.25, 0.3) is 10.9 Å². The molecule has 0 spiro atoms. The standard InChI is InChI=1S/C21H18N4O2/c1-14-19(17-8-2-3-9-18(17)23-14)20(26)21(27)24-16-7-4-6-15(12-16)13-25-11-5-10-22-25/h2-12,23H,13H2,1H3,(H,24,27). The molecule has 0 aliphatic heterocycles. The first-order chi connectivity index (χ1) is 13.1. The van der Waals surface area contributed by atoms with E-state index in [1.165, 1.54) is 0 Å². The summed E-state index contributed by atoms with van der Waals surface area (Å²) in [5, 5.41) is 7.64. The van der Waals surface area contributed by atoms with Gasteiger partial charge in [0.2, 0.25) is 0 Å². The van der Waals surface area contributed by atoms with Crippen LogP contribution in [-0.2, 0) is 11.3 Å². The molecule has 4 rings (SSSR count). The number of carbonyl (C=O) groups excluding carboxylic acids is 2. The second kappa shape index (κ2) is 6.92. The fraction of sp³-hybridized carbons (Fsp3) is 0.0952. The normalized spacial score (nSPS) is 10.9. The fourth-order valence-electron chi connectivity index (χ4n) is 3.20. The minimum atomic E-state index is -0.654. The molecule has 27 heavy (non-hydrogen) atoms. The highest BCUT2D eigenvalue weighted by Gasteiger charge is 2.22. The van der Waals surface area contributed by atoms with Crippen molar-refractivity contribution in [1.29, 1.82) is 0 Å². The zero-order valence-corrected chi connectivity index (χ0v) is 14.8. The van der Waals surface area contributed by atoms with E-state index in [9.17, 15) is 9.59 Å². The van der Waals surface area contributed by atoms with Crippen molar-refractivity contribution >= 4 is 28.3 Å². The van der Waals surface area contributed by atoms with Crippen LogP contribution in [0.4, 0.5) is 5.69 Å². The fourth-order valence-corrected chi connectivity index (χ4v) is 3.20.